The lowest BCUT2D eigenvalue weighted by Crippen LogP contribution is -2.31. The molecule has 1 atom stereocenters. The van der Waals surface area contributed by atoms with E-state index in [1.807, 2.05) is 0 Å². The number of esters is 2. The highest BCUT2D eigenvalue weighted by atomic mass is 16.7. The van der Waals surface area contributed by atoms with E-state index in [-0.39, 0.29) is 0 Å². The van der Waals surface area contributed by atoms with Crippen LogP contribution in [0.25, 0.3) is 0 Å². The molecule has 0 spiro atoms. The van der Waals surface area contributed by atoms with Gasteiger partial charge in [-0.1, -0.05) is 13.2 Å². The number of carbonyl (C=O) groups excluding carboxylic acids is 2. The SMILES string of the molecule is C=C(C)C(=O)OC(C)OCCC(C)(C)OC(=O)C(=C)C. The van der Waals surface area contributed by atoms with Gasteiger partial charge in [-0.05, 0) is 34.6 Å². The number of ether oxygens (including phenoxy) is 3. The molecule has 0 aliphatic rings. The van der Waals surface area contributed by atoms with Crippen molar-refractivity contribution in [2.45, 2.75) is 52.9 Å². The fourth-order valence-corrected chi connectivity index (χ4v) is 1.15. The van der Waals surface area contributed by atoms with Gasteiger partial charge in [0.15, 0.2) is 6.29 Å². The van der Waals surface area contributed by atoms with E-state index in [9.17, 15) is 9.59 Å². The van der Waals surface area contributed by atoms with Crippen LogP contribution in [0.2, 0.25) is 0 Å². The second kappa shape index (κ2) is 7.85. The Morgan fingerprint density at radius 3 is 2.05 bits per heavy atom. The van der Waals surface area contributed by atoms with Gasteiger partial charge in [0.2, 0.25) is 0 Å². The average molecular weight is 284 g/mol. The van der Waals surface area contributed by atoms with E-state index in [1.54, 1.807) is 34.6 Å². The van der Waals surface area contributed by atoms with Gasteiger partial charge in [-0.3, -0.25) is 0 Å². The van der Waals surface area contributed by atoms with Crippen LogP contribution in [0.4, 0.5) is 0 Å². The monoisotopic (exact) mass is 284 g/mol. The summed E-state index contributed by atoms with van der Waals surface area (Å²) in [6.07, 6.45) is -0.201. The third kappa shape index (κ3) is 7.74. The molecule has 0 aromatic rings. The van der Waals surface area contributed by atoms with Crippen molar-refractivity contribution in [3.63, 3.8) is 0 Å². The second-order valence-electron chi connectivity index (χ2n) is 5.30. The van der Waals surface area contributed by atoms with Gasteiger partial charge in [0, 0.05) is 17.6 Å². The van der Waals surface area contributed by atoms with Gasteiger partial charge < -0.3 is 14.2 Å². The Morgan fingerprint density at radius 2 is 1.60 bits per heavy atom. The minimum absolute atomic E-state index is 0.293. The van der Waals surface area contributed by atoms with Crippen molar-refractivity contribution in [2.24, 2.45) is 0 Å². The van der Waals surface area contributed by atoms with Crippen molar-refractivity contribution in [3.8, 4) is 0 Å². The zero-order valence-corrected chi connectivity index (χ0v) is 12.9. The molecular weight excluding hydrogens is 260 g/mol. The van der Waals surface area contributed by atoms with Crippen LogP contribution in [-0.2, 0) is 23.8 Å². The Hall–Kier alpha value is -1.62. The van der Waals surface area contributed by atoms with Gasteiger partial charge in [-0.25, -0.2) is 9.59 Å². The molecule has 1 unspecified atom stereocenters. The molecule has 0 saturated heterocycles. The molecule has 5 heteroatoms. The normalized spacial score (nSPS) is 12.4. The van der Waals surface area contributed by atoms with Gasteiger partial charge in [-0.2, -0.15) is 0 Å². The van der Waals surface area contributed by atoms with Gasteiger partial charge >= 0.3 is 11.9 Å². The molecule has 0 N–H and O–H groups in total. The summed E-state index contributed by atoms with van der Waals surface area (Å²) >= 11 is 0. The first-order valence-electron chi connectivity index (χ1n) is 6.42. The summed E-state index contributed by atoms with van der Waals surface area (Å²) in [6, 6.07) is 0. The topological polar surface area (TPSA) is 61.8 Å². The van der Waals surface area contributed by atoms with Crippen molar-refractivity contribution < 1.29 is 23.8 Å². The van der Waals surface area contributed by atoms with E-state index in [4.69, 9.17) is 14.2 Å². The van der Waals surface area contributed by atoms with Crippen LogP contribution >= 0.6 is 0 Å². The van der Waals surface area contributed by atoms with E-state index < -0.39 is 23.8 Å². The number of rotatable bonds is 8. The first kappa shape index (κ1) is 18.4. The van der Waals surface area contributed by atoms with E-state index in [0.717, 1.165) is 0 Å². The highest BCUT2D eigenvalue weighted by Gasteiger charge is 2.23. The molecule has 0 rings (SSSR count). The highest BCUT2D eigenvalue weighted by molar-refractivity contribution is 5.87. The maximum Gasteiger partial charge on any atom is 0.335 e. The molecule has 20 heavy (non-hydrogen) atoms. The maximum absolute atomic E-state index is 11.4. The molecule has 0 aromatic heterocycles. The Bertz CT molecular complexity index is 395. The fraction of sp³-hybridized carbons (Fsp3) is 0.600. The summed E-state index contributed by atoms with van der Waals surface area (Å²) in [5.41, 5.74) is -0.00684. The van der Waals surface area contributed by atoms with Crippen molar-refractivity contribution in [1.82, 2.24) is 0 Å². The van der Waals surface area contributed by atoms with Crippen LogP contribution < -0.4 is 0 Å². The lowest BCUT2D eigenvalue weighted by Gasteiger charge is -2.25. The van der Waals surface area contributed by atoms with E-state index in [2.05, 4.69) is 13.2 Å². The largest absolute Gasteiger partial charge is 0.456 e. The predicted molar refractivity (Wildman–Crippen MR) is 75.9 cm³/mol. The van der Waals surface area contributed by atoms with E-state index in [0.29, 0.717) is 24.2 Å². The van der Waals surface area contributed by atoms with E-state index in [1.165, 1.54) is 0 Å². The molecule has 0 aliphatic heterocycles. The first-order valence-corrected chi connectivity index (χ1v) is 6.42. The zero-order chi connectivity index (χ0) is 15.9. The molecule has 0 amide bonds. The summed E-state index contributed by atoms with van der Waals surface area (Å²) in [7, 11) is 0. The molecule has 114 valence electrons. The van der Waals surface area contributed by atoms with Crippen LogP contribution in [0.15, 0.2) is 24.3 Å². The smallest absolute Gasteiger partial charge is 0.335 e. The Kier molecular flexibility index (Phi) is 7.21. The lowest BCUT2D eigenvalue weighted by molar-refractivity contribution is -0.173. The summed E-state index contributed by atoms with van der Waals surface area (Å²) < 4.78 is 15.6. The molecule has 5 nitrogen and oxygen atoms in total. The van der Waals surface area contributed by atoms with Crippen LogP contribution in [0.1, 0.15) is 41.0 Å². The van der Waals surface area contributed by atoms with Crippen molar-refractivity contribution in [1.29, 1.82) is 0 Å². The molecule has 0 saturated carbocycles. The zero-order valence-electron chi connectivity index (χ0n) is 12.9. The van der Waals surface area contributed by atoms with Gasteiger partial charge in [0.25, 0.3) is 0 Å². The molecular formula is C15H24O5. The minimum atomic E-state index is -0.674. The molecule has 0 radical (unpaired) electrons. The molecule has 0 fully saturated rings. The molecule has 0 aromatic carbocycles. The standard InChI is InChI=1S/C15H24O5/c1-10(2)13(16)19-12(5)18-9-8-15(6,7)20-14(17)11(3)4/h12H,1,3,8-9H2,2,4-7H3. The van der Waals surface area contributed by atoms with Gasteiger partial charge in [0.05, 0.1) is 6.61 Å². The number of hydrogen-bond acceptors (Lipinski definition) is 5. The lowest BCUT2D eigenvalue weighted by atomic mass is 10.1. The number of carbonyl (C=O) groups is 2. The third-order valence-electron chi connectivity index (χ3n) is 2.40. The Morgan fingerprint density at radius 1 is 1.10 bits per heavy atom. The van der Waals surface area contributed by atoms with Crippen molar-refractivity contribution >= 4 is 11.9 Å². The second-order valence-corrected chi connectivity index (χ2v) is 5.30. The minimum Gasteiger partial charge on any atom is -0.456 e. The fourth-order valence-electron chi connectivity index (χ4n) is 1.15. The number of hydrogen-bond donors (Lipinski definition) is 0. The molecule has 0 heterocycles. The summed E-state index contributed by atoms with van der Waals surface area (Å²) in [6.45, 7) is 15.6. The Labute approximate surface area is 120 Å². The van der Waals surface area contributed by atoms with Gasteiger partial charge in [-0.15, -0.1) is 0 Å². The predicted octanol–water partition coefficient (Wildman–Crippen LogP) is 2.76. The van der Waals surface area contributed by atoms with Crippen molar-refractivity contribution in [3.05, 3.63) is 24.3 Å². The quantitative estimate of drug-likeness (QED) is 0.389. The molecule has 0 aliphatic carbocycles. The van der Waals surface area contributed by atoms with Crippen LogP contribution in [0, 0.1) is 0 Å². The van der Waals surface area contributed by atoms with Crippen LogP contribution in [-0.4, -0.2) is 30.4 Å². The highest BCUT2D eigenvalue weighted by Crippen LogP contribution is 2.17. The summed E-state index contributed by atoms with van der Waals surface area (Å²) in [4.78, 5) is 22.7. The third-order valence-corrected chi connectivity index (χ3v) is 2.40. The summed E-state index contributed by atoms with van der Waals surface area (Å²) in [5.74, 6) is -0.928. The molecule has 0 bridgehead atoms. The van der Waals surface area contributed by atoms with E-state index >= 15 is 0 Å². The summed E-state index contributed by atoms with van der Waals surface area (Å²) in [5, 5.41) is 0. The average Bonchev–Trinajstić information content (AvgIpc) is 2.27. The van der Waals surface area contributed by atoms with Gasteiger partial charge in [0.1, 0.15) is 5.60 Å². The van der Waals surface area contributed by atoms with Crippen LogP contribution in [0.3, 0.4) is 0 Å². The maximum atomic E-state index is 11.4. The Balaban J connectivity index is 4.09. The van der Waals surface area contributed by atoms with Crippen LogP contribution in [0.5, 0.6) is 0 Å². The van der Waals surface area contributed by atoms with Crippen molar-refractivity contribution in [2.75, 3.05) is 6.61 Å². The first-order chi connectivity index (χ1) is 9.05.